The Hall–Kier alpha value is -3.67. The molecule has 0 aliphatic carbocycles. The number of sulfonamides is 1. The second-order valence-corrected chi connectivity index (χ2v) is 10.8. The van der Waals surface area contributed by atoms with Gasteiger partial charge in [0, 0.05) is 23.5 Å². The number of aryl methyl sites for hydroxylation is 1. The highest BCUT2D eigenvalue weighted by Crippen LogP contribution is 2.51. The molecule has 0 spiro atoms. The Morgan fingerprint density at radius 2 is 1.50 bits per heavy atom. The summed E-state index contributed by atoms with van der Waals surface area (Å²) >= 11 is 0. The molecule has 0 radical (unpaired) electrons. The first-order valence-corrected chi connectivity index (χ1v) is 13.5. The minimum Gasteiger partial charge on any atom is -0.493 e. The van der Waals surface area contributed by atoms with E-state index in [-0.39, 0.29) is 23.5 Å². The highest BCUT2D eigenvalue weighted by atomic mass is 32.2. The van der Waals surface area contributed by atoms with Gasteiger partial charge in [-0.05, 0) is 42.8 Å². The molecule has 0 amide bonds. The van der Waals surface area contributed by atoms with Crippen LogP contribution in [0.1, 0.15) is 29.5 Å². The molecule has 0 saturated carbocycles. The van der Waals surface area contributed by atoms with Gasteiger partial charge in [-0.1, -0.05) is 24.6 Å². The maximum atomic E-state index is 13.0. The molecule has 0 fully saturated rings. The number of hydrazine groups is 1. The number of ether oxygens (including phenoxy) is 6. The van der Waals surface area contributed by atoms with Gasteiger partial charge in [0.15, 0.2) is 29.2 Å². The van der Waals surface area contributed by atoms with Crippen molar-refractivity contribution in [2.24, 2.45) is 5.92 Å². The van der Waals surface area contributed by atoms with Gasteiger partial charge in [0.05, 0.1) is 26.2 Å². The summed E-state index contributed by atoms with van der Waals surface area (Å²) in [5.41, 5.74) is 5.58. The van der Waals surface area contributed by atoms with Crippen molar-refractivity contribution in [2.75, 3.05) is 28.1 Å². The van der Waals surface area contributed by atoms with E-state index >= 15 is 0 Å². The third-order valence-corrected chi connectivity index (χ3v) is 8.09. The first kappa shape index (κ1) is 26.0. The monoisotopic (exact) mass is 542 g/mol. The molecule has 38 heavy (non-hydrogen) atoms. The molecule has 2 aliphatic heterocycles. The molecule has 5 rings (SSSR count). The average Bonchev–Trinajstić information content (AvgIpc) is 3.37. The number of rotatable bonds is 8. The Morgan fingerprint density at radius 1 is 0.868 bits per heavy atom. The Kier molecular flexibility index (Phi) is 6.99. The molecule has 2 heterocycles. The minimum absolute atomic E-state index is 0.112. The predicted octanol–water partition coefficient (Wildman–Crippen LogP) is 3.72. The van der Waals surface area contributed by atoms with Crippen molar-refractivity contribution in [3.05, 3.63) is 65.2 Å². The summed E-state index contributed by atoms with van der Waals surface area (Å²) in [6, 6.07) is 14.0. The summed E-state index contributed by atoms with van der Waals surface area (Å²) in [4.78, 5) is 2.63. The molecule has 11 heteroatoms. The van der Waals surface area contributed by atoms with Crippen LogP contribution in [0.25, 0.3) is 0 Å². The van der Waals surface area contributed by atoms with Crippen molar-refractivity contribution < 1.29 is 36.8 Å². The molecule has 3 aromatic carbocycles. The van der Waals surface area contributed by atoms with Crippen LogP contribution in [0.3, 0.4) is 0 Å². The lowest BCUT2D eigenvalue weighted by Crippen LogP contribution is -2.52. The van der Waals surface area contributed by atoms with Gasteiger partial charge >= 0.3 is 0 Å². The van der Waals surface area contributed by atoms with E-state index in [0.717, 1.165) is 16.7 Å². The van der Waals surface area contributed by atoms with E-state index < -0.39 is 16.3 Å². The van der Waals surface area contributed by atoms with E-state index in [1.54, 1.807) is 51.7 Å². The Morgan fingerprint density at radius 3 is 2.11 bits per heavy atom. The Labute approximate surface area is 221 Å². The second kappa shape index (κ2) is 10.2. The number of hydrogen-bond donors (Lipinski definition) is 2. The van der Waals surface area contributed by atoms with Crippen LogP contribution >= 0.6 is 0 Å². The van der Waals surface area contributed by atoms with Gasteiger partial charge in [0.25, 0.3) is 10.0 Å². The number of nitrogens with one attached hydrogen (secondary N) is 2. The van der Waals surface area contributed by atoms with Crippen molar-refractivity contribution >= 4 is 10.0 Å². The molecule has 0 unspecified atom stereocenters. The summed E-state index contributed by atoms with van der Waals surface area (Å²) in [5, 5.41) is 0. The predicted molar refractivity (Wildman–Crippen MR) is 139 cm³/mol. The number of fused-ring (bicyclic) bond motifs is 2. The average molecular weight is 543 g/mol. The smallest absolute Gasteiger partial charge is 0.253 e. The summed E-state index contributed by atoms with van der Waals surface area (Å²) in [6.07, 6.45) is -0.729. The lowest BCUT2D eigenvalue weighted by Gasteiger charge is -2.38. The largest absolute Gasteiger partial charge is 0.493 e. The van der Waals surface area contributed by atoms with Gasteiger partial charge in [-0.15, -0.1) is 4.83 Å². The van der Waals surface area contributed by atoms with Gasteiger partial charge in [-0.2, -0.15) is 0 Å². The zero-order valence-electron chi connectivity index (χ0n) is 21.7. The van der Waals surface area contributed by atoms with Crippen LogP contribution in [-0.4, -0.2) is 42.8 Å². The fraction of sp³-hybridized carbons (Fsp3) is 0.333. The van der Waals surface area contributed by atoms with Crippen molar-refractivity contribution in [1.82, 2.24) is 10.3 Å². The topological polar surface area (TPSA) is 114 Å². The van der Waals surface area contributed by atoms with Gasteiger partial charge < -0.3 is 28.4 Å². The van der Waals surface area contributed by atoms with Crippen LogP contribution in [0.4, 0.5) is 0 Å². The lowest BCUT2D eigenvalue weighted by atomic mass is 9.78. The molecule has 3 atom stereocenters. The highest BCUT2D eigenvalue weighted by molar-refractivity contribution is 7.89. The van der Waals surface area contributed by atoms with E-state index in [9.17, 15) is 8.42 Å². The minimum atomic E-state index is -3.84. The molecule has 2 N–H and O–H groups in total. The molecular formula is C27H30N2O8S. The second-order valence-electron chi connectivity index (χ2n) is 9.14. The molecule has 10 nitrogen and oxygen atoms in total. The van der Waals surface area contributed by atoms with E-state index in [1.165, 1.54) is 0 Å². The van der Waals surface area contributed by atoms with Crippen LogP contribution in [0.2, 0.25) is 0 Å². The van der Waals surface area contributed by atoms with Gasteiger partial charge in [-0.25, -0.2) is 13.8 Å². The Bertz CT molecular complexity index is 1420. The fourth-order valence-corrected chi connectivity index (χ4v) is 5.71. The van der Waals surface area contributed by atoms with Crippen LogP contribution in [-0.2, 0) is 10.0 Å². The van der Waals surface area contributed by atoms with Crippen LogP contribution in [0.5, 0.6) is 34.5 Å². The summed E-state index contributed by atoms with van der Waals surface area (Å²) in [7, 11) is 0.828. The van der Waals surface area contributed by atoms with Gasteiger partial charge in [0.1, 0.15) is 5.75 Å². The third kappa shape index (κ3) is 4.68. The van der Waals surface area contributed by atoms with E-state index in [0.29, 0.717) is 34.5 Å². The van der Waals surface area contributed by atoms with Gasteiger partial charge in [0.2, 0.25) is 12.5 Å². The van der Waals surface area contributed by atoms with E-state index in [1.807, 2.05) is 32.0 Å². The fourth-order valence-electron chi connectivity index (χ4n) is 4.82. The summed E-state index contributed by atoms with van der Waals surface area (Å²) in [6.45, 7) is 3.98. The van der Waals surface area contributed by atoms with Crippen LogP contribution in [0.15, 0.2) is 53.4 Å². The lowest BCUT2D eigenvalue weighted by molar-refractivity contribution is 0.0736. The van der Waals surface area contributed by atoms with Crippen LogP contribution in [0, 0.1) is 12.8 Å². The zero-order chi connectivity index (χ0) is 27.0. The van der Waals surface area contributed by atoms with Crippen molar-refractivity contribution in [3.8, 4) is 34.5 Å². The van der Waals surface area contributed by atoms with Crippen molar-refractivity contribution in [1.29, 1.82) is 0 Å². The van der Waals surface area contributed by atoms with Crippen molar-refractivity contribution in [3.63, 3.8) is 0 Å². The highest BCUT2D eigenvalue weighted by Gasteiger charge is 2.39. The molecule has 2 aliphatic rings. The summed E-state index contributed by atoms with van der Waals surface area (Å²) in [5.74, 6) is 2.68. The molecular weight excluding hydrogens is 512 g/mol. The van der Waals surface area contributed by atoms with Crippen molar-refractivity contribution in [2.45, 2.75) is 30.9 Å². The first-order valence-electron chi connectivity index (χ1n) is 12.0. The standard InChI is InChI=1S/C27H30N2O8S/c1-15-6-8-18(9-7-15)38(30,31)29-28-27-16(2)25(17-10-23(32-3)26(34-5)24(11-17)33-4)19-12-21-22(36-14-35-21)13-20(19)37-27/h6-13,16,25,27-29H,14H2,1-5H3/t16-,25-,27-/m1/s1. The maximum absolute atomic E-state index is 13.0. The number of benzene rings is 3. The molecule has 0 aromatic heterocycles. The zero-order valence-corrected chi connectivity index (χ0v) is 22.5. The van der Waals surface area contributed by atoms with Crippen LogP contribution < -0.4 is 38.7 Å². The quantitative estimate of drug-likeness (QED) is 0.411. The maximum Gasteiger partial charge on any atom is 0.253 e. The molecule has 3 aromatic rings. The van der Waals surface area contributed by atoms with E-state index in [4.69, 9.17) is 28.4 Å². The molecule has 202 valence electrons. The molecule has 0 saturated heterocycles. The molecule has 0 bridgehead atoms. The summed E-state index contributed by atoms with van der Waals surface area (Å²) < 4.78 is 60.1. The number of methoxy groups -OCH3 is 3. The number of hydrogen-bond acceptors (Lipinski definition) is 9. The third-order valence-electron chi connectivity index (χ3n) is 6.81. The van der Waals surface area contributed by atoms with Gasteiger partial charge in [-0.3, -0.25) is 0 Å². The Balaban J connectivity index is 1.53. The SMILES string of the molecule is COc1cc([C@@H]2c3cc4c(cc3O[C@@H](NNS(=O)(=O)c3ccc(C)cc3)[C@@H]2C)OCO4)cc(OC)c1OC. The normalized spacial score (nSPS) is 19.9. The van der Waals surface area contributed by atoms with E-state index in [2.05, 4.69) is 10.3 Å². The first-order chi connectivity index (χ1) is 18.2.